The average molecular weight is 739 g/mol. The van der Waals surface area contributed by atoms with E-state index in [-0.39, 0.29) is 33.1 Å². The molecule has 0 saturated carbocycles. The van der Waals surface area contributed by atoms with Crippen molar-refractivity contribution in [2.45, 2.75) is 52.1 Å². The summed E-state index contributed by atoms with van der Waals surface area (Å²) in [5.74, 6) is -2.89. The van der Waals surface area contributed by atoms with E-state index in [1.807, 2.05) is 74.5 Å². The van der Waals surface area contributed by atoms with E-state index in [4.69, 9.17) is 18.9 Å². The van der Waals surface area contributed by atoms with E-state index in [9.17, 15) is 17.6 Å². The second kappa shape index (κ2) is 22.9. The molecule has 2 aromatic heterocycles. The molecule has 0 spiro atoms. The zero-order valence-corrected chi connectivity index (χ0v) is 31.2. The Morgan fingerprint density at radius 1 is 0.588 bits per heavy atom. The number of aromatic nitrogens is 2. The van der Waals surface area contributed by atoms with Crippen molar-refractivity contribution >= 4 is 0 Å². The van der Waals surface area contributed by atoms with Gasteiger partial charge in [-0.05, 0) is 49.5 Å². The fourth-order valence-electron chi connectivity index (χ4n) is 4.96. The van der Waals surface area contributed by atoms with Crippen LogP contribution < -0.4 is 0 Å². The summed E-state index contributed by atoms with van der Waals surface area (Å²) in [7, 11) is 6.17. The molecule has 0 amide bonds. The predicted octanol–water partition coefficient (Wildman–Crippen LogP) is 8.66. The Morgan fingerprint density at radius 2 is 0.961 bits per heavy atom. The summed E-state index contributed by atoms with van der Waals surface area (Å²) in [6, 6.07) is 16.7. The van der Waals surface area contributed by atoms with Crippen LogP contribution in [0.4, 0.5) is 17.6 Å². The first-order valence-electron chi connectivity index (χ1n) is 15.8. The molecule has 2 aliphatic rings. The molecule has 0 radical (unpaired) electrons. The minimum absolute atomic E-state index is 0. The first-order valence-corrected chi connectivity index (χ1v) is 15.8. The standard InChI is InChI=1S/2C15H16F2NO2.2C5H5.Ti/c2*1-10-4-6-12(9-15(19-2)20-3)18(10)14-7-5-11(16)8-13(14)17;2*1-2-4-5-3-1;/h2*4-7,15H,9H2,1-3H3;2*1-3H,4H2;/q4*-1;+4. The third kappa shape index (κ3) is 13.4. The fourth-order valence-corrected chi connectivity index (χ4v) is 4.96. The van der Waals surface area contributed by atoms with Crippen LogP contribution in [0.15, 0.2) is 85.0 Å². The number of ether oxygens (including phenoxy) is 4. The van der Waals surface area contributed by atoms with Crippen molar-refractivity contribution in [2.24, 2.45) is 0 Å². The van der Waals surface area contributed by atoms with Crippen molar-refractivity contribution in [3.63, 3.8) is 0 Å². The van der Waals surface area contributed by atoms with Crippen LogP contribution in [0.25, 0.3) is 11.4 Å². The molecular formula is C40H42F4N2O4Ti. The van der Waals surface area contributed by atoms with Crippen LogP contribution in [0, 0.1) is 61.4 Å². The van der Waals surface area contributed by atoms with Gasteiger partial charge in [0.1, 0.15) is 0 Å². The van der Waals surface area contributed by atoms with Crippen molar-refractivity contribution in [3.05, 3.63) is 155 Å². The Bertz CT molecular complexity index is 1610. The average Bonchev–Trinajstić information content (AvgIpc) is 3.95. The Hall–Kier alpha value is -3.77. The van der Waals surface area contributed by atoms with Crippen LogP contribution in [0.1, 0.15) is 35.6 Å². The van der Waals surface area contributed by atoms with Crippen molar-refractivity contribution < 1.29 is 58.2 Å². The Labute approximate surface area is 313 Å². The third-order valence-corrected chi connectivity index (χ3v) is 7.45. The van der Waals surface area contributed by atoms with Gasteiger partial charge < -0.3 is 28.1 Å². The van der Waals surface area contributed by atoms with Gasteiger partial charge in [0.2, 0.25) is 0 Å². The molecule has 268 valence electrons. The largest absolute Gasteiger partial charge is 4.00 e. The summed E-state index contributed by atoms with van der Waals surface area (Å²) >= 11 is 0. The van der Waals surface area contributed by atoms with E-state index >= 15 is 0 Å². The SMILES string of the molecule is COC(Cc1ccc(C)n1-c1ccc(F)[c-]c1F)OC.COC(Cc1ccc(C)n1-c1ccc(F)[c-]c1F)OC.[C-]1=CC=CC1.[C-]1=CC=CC1.[Ti+4]. The molecule has 0 bridgehead atoms. The minimum atomic E-state index is -0.725. The molecule has 6 rings (SSSR count). The van der Waals surface area contributed by atoms with Crippen LogP contribution in [0.3, 0.4) is 0 Å². The topological polar surface area (TPSA) is 46.8 Å². The summed E-state index contributed by atoms with van der Waals surface area (Å²) in [5, 5.41) is 0. The summed E-state index contributed by atoms with van der Waals surface area (Å²) in [6.45, 7) is 3.70. The van der Waals surface area contributed by atoms with Gasteiger partial charge in [0.15, 0.2) is 12.6 Å². The van der Waals surface area contributed by atoms with Gasteiger partial charge in [0, 0.05) is 87.3 Å². The number of halogens is 4. The Morgan fingerprint density at radius 3 is 1.22 bits per heavy atom. The normalized spacial score (nSPS) is 12.3. The number of allylic oxidation sites excluding steroid dienone is 8. The van der Waals surface area contributed by atoms with E-state index in [0.717, 1.165) is 35.6 Å². The molecule has 0 fully saturated rings. The smallest absolute Gasteiger partial charge is 0.369 e. The zero-order valence-electron chi connectivity index (χ0n) is 29.6. The number of hydrogen-bond acceptors (Lipinski definition) is 4. The predicted molar refractivity (Wildman–Crippen MR) is 185 cm³/mol. The van der Waals surface area contributed by atoms with Crippen LogP contribution in [0.5, 0.6) is 0 Å². The number of nitrogens with zero attached hydrogens (tertiary/aromatic N) is 2. The van der Waals surface area contributed by atoms with Crippen LogP contribution in [-0.4, -0.2) is 50.2 Å². The van der Waals surface area contributed by atoms with Crippen LogP contribution in [-0.2, 0) is 53.5 Å². The number of hydrogen-bond donors (Lipinski definition) is 0. The molecule has 0 saturated heterocycles. The van der Waals surface area contributed by atoms with Crippen molar-refractivity contribution in [2.75, 3.05) is 28.4 Å². The molecule has 0 aliphatic heterocycles. The maximum absolute atomic E-state index is 13.9. The molecule has 6 nitrogen and oxygen atoms in total. The van der Waals surface area contributed by atoms with Crippen LogP contribution in [0.2, 0.25) is 0 Å². The van der Waals surface area contributed by atoms with Crippen molar-refractivity contribution in [1.29, 1.82) is 0 Å². The van der Waals surface area contributed by atoms with E-state index in [2.05, 4.69) is 24.3 Å². The summed E-state index contributed by atoms with van der Waals surface area (Å²) < 4.78 is 77.8. The van der Waals surface area contributed by atoms with Crippen molar-refractivity contribution in [1.82, 2.24) is 9.13 Å². The zero-order chi connectivity index (χ0) is 36.5. The number of methoxy groups -OCH3 is 4. The molecule has 4 aromatic rings. The molecule has 2 aliphatic carbocycles. The molecular weight excluding hydrogens is 696 g/mol. The second-order valence-corrected chi connectivity index (χ2v) is 10.8. The molecule has 11 heteroatoms. The van der Waals surface area contributed by atoms with Gasteiger partial charge in [0.25, 0.3) is 0 Å². The van der Waals surface area contributed by atoms with Gasteiger partial charge in [-0.3, -0.25) is 12.2 Å². The molecule has 0 N–H and O–H groups in total. The van der Waals surface area contributed by atoms with Gasteiger partial charge in [0.05, 0.1) is 0 Å². The third-order valence-electron chi connectivity index (χ3n) is 7.45. The minimum Gasteiger partial charge on any atom is -0.369 e. The molecule has 0 atom stereocenters. The van der Waals surface area contributed by atoms with E-state index in [0.29, 0.717) is 12.8 Å². The van der Waals surface area contributed by atoms with E-state index < -0.39 is 35.8 Å². The quantitative estimate of drug-likeness (QED) is 0.0708. The summed E-state index contributed by atoms with van der Waals surface area (Å²) in [4.78, 5) is 0. The number of aryl methyl sites for hydroxylation is 2. The Kier molecular flexibility index (Phi) is 19.5. The number of rotatable bonds is 10. The fraction of sp³-hybridized carbons (Fsp3) is 0.300. The van der Waals surface area contributed by atoms with Gasteiger partial charge in [-0.2, -0.15) is 12.2 Å². The Balaban J connectivity index is 0.000000273. The monoisotopic (exact) mass is 738 g/mol. The molecule has 51 heavy (non-hydrogen) atoms. The maximum Gasteiger partial charge on any atom is 4.00 e. The molecule has 0 unspecified atom stereocenters. The summed E-state index contributed by atoms with van der Waals surface area (Å²) in [6.07, 6.45) is 20.1. The second-order valence-electron chi connectivity index (χ2n) is 10.8. The maximum atomic E-state index is 13.9. The van der Waals surface area contributed by atoms with Gasteiger partial charge in [-0.15, -0.1) is 49.2 Å². The molecule has 2 aromatic carbocycles. The van der Waals surface area contributed by atoms with Gasteiger partial charge in [-0.1, -0.05) is 0 Å². The molecule has 2 heterocycles. The summed E-state index contributed by atoms with van der Waals surface area (Å²) in [5.41, 5.74) is 3.82. The van der Waals surface area contributed by atoms with Gasteiger partial charge >= 0.3 is 21.7 Å². The first-order chi connectivity index (χ1) is 24.1. The van der Waals surface area contributed by atoms with Crippen molar-refractivity contribution in [3.8, 4) is 11.4 Å². The first kappa shape index (κ1) is 43.4. The van der Waals surface area contributed by atoms with Gasteiger partial charge in [-0.25, -0.2) is 41.9 Å². The number of benzene rings is 2. The van der Waals surface area contributed by atoms with E-state index in [1.165, 1.54) is 24.3 Å². The van der Waals surface area contributed by atoms with E-state index in [1.54, 1.807) is 37.6 Å². The van der Waals surface area contributed by atoms with Crippen LogP contribution >= 0.6 is 0 Å².